The van der Waals surface area contributed by atoms with Gasteiger partial charge in [-0.05, 0) is 50.0 Å². The molecule has 9 nitrogen and oxygen atoms in total. The molecule has 9 heteroatoms. The van der Waals surface area contributed by atoms with Gasteiger partial charge in [0, 0.05) is 32.6 Å². The Bertz CT molecular complexity index is 901. The minimum Gasteiger partial charge on any atom is -0.486 e. The number of esters is 1. The molecule has 218 valence electrons. The van der Waals surface area contributed by atoms with Crippen molar-refractivity contribution in [3.05, 3.63) is 23.8 Å². The molecule has 1 amide bonds. The maximum Gasteiger partial charge on any atom is 0.307 e. The van der Waals surface area contributed by atoms with Crippen molar-refractivity contribution < 1.29 is 28.5 Å². The summed E-state index contributed by atoms with van der Waals surface area (Å²) in [5.41, 5.74) is 0.811. The molecule has 2 atom stereocenters. The van der Waals surface area contributed by atoms with Gasteiger partial charge in [0.15, 0.2) is 11.5 Å². The van der Waals surface area contributed by atoms with Crippen LogP contribution < -0.4 is 14.8 Å². The van der Waals surface area contributed by atoms with Gasteiger partial charge in [-0.1, -0.05) is 38.7 Å². The average molecular weight is 546 g/mol. The minimum atomic E-state index is -0.623. The summed E-state index contributed by atoms with van der Waals surface area (Å²) in [5, 5.41) is 3.27. The van der Waals surface area contributed by atoms with E-state index < -0.39 is 6.10 Å². The third kappa shape index (κ3) is 9.65. The van der Waals surface area contributed by atoms with Crippen LogP contribution in [0.2, 0.25) is 0 Å². The number of hydrogen-bond acceptors (Lipinski definition) is 8. The Morgan fingerprint density at radius 3 is 2.41 bits per heavy atom. The van der Waals surface area contributed by atoms with Crippen LogP contribution in [0, 0.1) is 0 Å². The van der Waals surface area contributed by atoms with Crippen LogP contribution in [0.1, 0.15) is 76.4 Å². The lowest BCUT2D eigenvalue weighted by atomic mass is 9.99. The predicted octanol–water partition coefficient (Wildman–Crippen LogP) is 3.71. The van der Waals surface area contributed by atoms with Crippen molar-refractivity contribution >= 4 is 11.9 Å². The molecule has 3 heterocycles. The number of likely N-dealkylation sites (tertiary alicyclic amines) is 1. The molecule has 0 unspecified atom stereocenters. The van der Waals surface area contributed by atoms with Gasteiger partial charge >= 0.3 is 5.97 Å². The second kappa shape index (κ2) is 16.0. The van der Waals surface area contributed by atoms with E-state index in [1.807, 2.05) is 18.2 Å². The first-order valence-corrected chi connectivity index (χ1v) is 15.0. The number of carbonyl (C=O) groups excluding carboxylic acids is 2. The fourth-order valence-electron chi connectivity index (χ4n) is 5.52. The lowest BCUT2D eigenvalue weighted by molar-refractivity contribution is -0.153. The van der Waals surface area contributed by atoms with Gasteiger partial charge in [0.05, 0.1) is 25.7 Å². The molecule has 0 radical (unpaired) electrons. The zero-order chi connectivity index (χ0) is 27.3. The maximum absolute atomic E-state index is 13.2. The molecular weight excluding hydrogens is 498 g/mol. The third-order valence-corrected chi connectivity index (χ3v) is 7.76. The van der Waals surface area contributed by atoms with Crippen LogP contribution in [0.4, 0.5) is 0 Å². The quantitative estimate of drug-likeness (QED) is 0.264. The molecular formula is C30H47N3O6. The molecule has 0 aromatic heterocycles. The first kappa shape index (κ1) is 29.6. The number of nitrogens with one attached hydrogen (secondary N) is 1. The smallest absolute Gasteiger partial charge is 0.307 e. The lowest BCUT2D eigenvalue weighted by Crippen LogP contribution is -2.48. The fraction of sp³-hybridized carbons (Fsp3) is 0.733. The number of fused-ring (bicyclic) bond motifs is 1. The van der Waals surface area contributed by atoms with Gasteiger partial charge in [-0.15, -0.1) is 0 Å². The van der Waals surface area contributed by atoms with Gasteiger partial charge < -0.3 is 29.2 Å². The number of morpholine rings is 1. The summed E-state index contributed by atoms with van der Waals surface area (Å²) in [4.78, 5) is 30.9. The van der Waals surface area contributed by atoms with Gasteiger partial charge in [-0.25, -0.2) is 0 Å². The third-order valence-electron chi connectivity index (χ3n) is 7.76. The lowest BCUT2D eigenvalue weighted by Gasteiger charge is -2.32. The minimum absolute atomic E-state index is 0.0163. The van der Waals surface area contributed by atoms with Gasteiger partial charge in [-0.3, -0.25) is 14.5 Å². The zero-order valence-corrected chi connectivity index (χ0v) is 23.7. The normalized spacial score (nSPS) is 19.4. The molecule has 1 aromatic carbocycles. The van der Waals surface area contributed by atoms with E-state index >= 15 is 0 Å². The summed E-state index contributed by atoms with van der Waals surface area (Å²) in [6.45, 7) is 9.46. The second-order valence-electron chi connectivity index (χ2n) is 10.9. The second-order valence-corrected chi connectivity index (χ2v) is 10.9. The molecule has 3 aliphatic heterocycles. The van der Waals surface area contributed by atoms with Crippen molar-refractivity contribution in [2.75, 3.05) is 65.7 Å². The maximum atomic E-state index is 13.2. The van der Waals surface area contributed by atoms with Gasteiger partial charge in [0.2, 0.25) is 5.91 Å². The number of unbranched alkanes of at least 4 members (excludes halogenated alkanes) is 4. The Balaban J connectivity index is 1.48. The monoisotopic (exact) mass is 545 g/mol. The number of hydrogen-bond donors (Lipinski definition) is 1. The average Bonchev–Trinajstić information content (AvgIpc) is 3.48. The molecule has 0 saturated carbocycles. The first-order valence-electron chi connectivity index (χ1n) is 15.0. The highest BCUT2D eigenvalue weighted by molar-refractivity contribution is 5.76. The van der Waals surface area contributed by atoms with Crippen LogP contribution in [0.15, 0.2) is 18.2 Å². The molecule has 3 aliphatic rings. The van der Waals surface area contributed by atoms with E-state index in [-0.39, 0.29) is 17.9 Å². The van der Waals surface area contributed by atoms with Crippen molar-refractivity contribution in [3.63, 3.8) is 0 Å². The molecule has 2 saturated heterocycles. The Morgan fingerprint density at radius 2 is 1.64 bits per heavy atom. The van der Waals surface area contributed by atoms with Crippen molar-refractivity contribution in [1.82, 2.24) is 15.1 Å². The summed E-state index contributed by atoms with van der Waals surface area (Å²) >= 11 is 0. The molecule has 1 N–H and O–H groups in total. The summed E-state index contributed by atoms with van der Waals surface area (Å²) in [6.07, 6.45) is 7.91. The molecule has 4 rings (SSSR count). The van der Waals surface area contributed by atoms with Crippen LogP contribution in [0.25, 0.3) is 0 Å². The van der Waals surface area contributed by atoms with Crippen molar-refractivity contribution in [2.45, 2.75) is 76.9 Å². The highest BCUT2D eigenvalue weighted by Gasteiger charge is 2.32. The fourth-order valence-corrected chi connectivity index (χ4v) is 5.52. The van der Waals surface area contributed by atoms with Gasteiger partial charge in [0.25, 0.3) is 0 Å². The van der Waals surface area contributed by atoms with Gasteiger partial charge in [0.1, 0.15) is 19.3 Å². The summed E-state index contributed by atoms with van der Waals surface area (Å²) in [6, 6.07) is 5.35. The zero-order valence-electron chi connectivity index (χ0n) is 23.7. The van der Waals surface area contributed by atoms with Crippen molar-refractivity contribution in [2.24, 2.45) is 0 Å². The summed E-state index contributed by atoms with van der Waals surface area (Å²) in [7, 11) is 0. The van der Waals surface area contributed by atoms with E-state index in [0.717, 1.165) is 63.8 Å². The van der Waals surface area contributed by atoms with Crippen LogP contribution >= 0.6 is 0 Å². The van der Waals surface area contributed by atoms with Crippen LogP contribution in [-0.2, 0) is 19.1 Å². The van der Waals surface area contributed by atoms with E-state index in [2.05, 4.69) is 22.0 Å². The van der Waals surface area contributed by atoms with Crippen molar-refractivity contribution in [1.29, 1.82) is 0 Å². The number of amides is 1. The Labute approximate surface area is 233 Å². The number of carbonyl (C=O) groups is 2. The number of ether oxygens (including phenoxy) is 4. The largest absolute Gasteiger partial charge is 0.486 e. The van der Waals surface area contributed by atoms with Crippen molar-refractivity contribution in [3.8, 4) is 11.5 Å². The molecule has 0 aliphatic carbocycles. The Hall–Kier alpha value is -2.36. The number of rotatable bonds is 15. The molecule has 39 heavy (non-hydrogen) atoms. The topological polar surface area (TPSA) is 89.6 Å². The Kier molecular flexibility index (Phi) is 12.2. The number of nitrogens with zero attached hydrogens (tertiary/aromatic N) is 2. The molecule has 2 fully saturated rings. The summed E-state index contributed by atoms with van der Waals surface area (Å²) < 4.78 is 23.2. The Morgan fingerprint density at radius 1 is 0.897 bits per heavy atom. The van der Waals surface area contributed by atoms with E-state index in [0.29, 0.717) is 63.9 Å². The van der Waals surface area contributed by atoms with Crippen LogP contribution in [0.3, 0.4) is 0 Å². The van der Waals surface area contributed by atoms with Crippen LogP contribution in [-0.4, -0.2) is 93.4 Å². The summed E-state index contributed by atoms with van der Waals surface area (Å²) in [5.74, 6) is 1.09. The first-order chi connectivity index (χ1) is 19.1. The molecule has 1 aromatic rings. The predicted molar refractivity (Wildman–Crippen MR) is 149 cm³/mol. The van der Waals surface area contributed by atoms with Gasteiger partial charge in [-0.2, -0.15) is 0 Å². The highest BCUT2D eigenvalue weighted by Crippen LogP contribution is 2.35. The number of benzene rings is 1. The highest BCUT2D eigenvalue weighted by atomic mass is 16.6. The molecule has 0 bridgehead atoms. The van der Waals surface area contributed by atoms with E-state index in [1.54, 1.807) is 0 Å². The SMILES string of the molecule is CCCCCCCC(=O)N[C@H](CN1CCCC1)[C@H](OC(=O)CCN1CCOCC1)c1ccc2c(c1)OCCO2. The van der Waals surface area contributed by atoms with E-state index in [9.17, 15) is 9.59 Å². The van der Waals surface area contributed by atoms with Crippen LogP contribution in [0.5, 0.6) is 11.5 Å². The van der Waals surface area contributed by atoms with E-state index in [4.69, 9.17) is 18.9 Å². The standard InChI is InChI=1S/C30H47N3O6/c1-2-3-4-5-6-9-28(34)31-25(23-33-13-7-8-14-33)30(24-10-11-26-27(22-24)38-21-20-37-26)39-29(35)12-15-32-16-18-36-19-17-32/h10-11,22,25,30H,2-9,12-21,23H2,1H3,(H,31,34)/t25-,30-/m1/s1. The van der Waals surface area contributed by atoms with E-state index in [1.165, 1.54) is 12.8 Å². The molecule has 0 spiro atoms.